The molecule has 25 heavy (non-hydrogen) atoms. The SMILES string of the molecule is COC(=O)[C@@H](Cc1c[nH]c2ccccc12)N=Cc1ccc(OC)cc1. The molecule has 0 bridgehead atoms. The average molecular weight is 336 g/mol. The number of ether oxygens (including phenoxy) is 2. The lowest BCUT2D eigenvalue weighted by molar-refractivity contribution is -0.142. The number of hydrogen-bond acceptors (Lipinski definition) is 4. The highest BCUT2D eigenvalue weighted by Gasteiger charge is 2.19. The Hall–Kier alpha value is -3.08. The van der Waals surface area contributed by atoms with Gasteiger partial charge in [-0.25, -0.2) is 4.79 Å². The van der Waals surface area contributed by atoms with Gasteiger partial charge in [0.05, 0.1) is 14.2 Å². The van der Waals surface area contributed by atoms with E-state index >= 15 is 0 Å². The van der Waals surface area contributed by atoms with E-state index in [1.807, 2.05) is 54.7 Å². The minimum absolute atomic E-state index is 0.352. The zero-order chi connectivity index (χ0) is 17.6. The number of rotatable bonds is 6. The number of aromatic amines is 1. The van der Waals surface area contributed by atoms with Crippen LogP contribution in [0.25, 0.3) is 10.9 Å². The molecule has 1 atom stereocenters. The molecule has 0 radical (unpaired) electrons. The van der Waals surface area contributed by atoms with Gasteiger partial charge in [0, 0.05) is 29.7 Å². The molecule has 0 spiro atoms. The number of nitrogens with zero attached hydrogens (tertiary/aromatic N) is 1. The van der Waals surface area contributed by atoms with Gasteiger partial charge in [-0.2, -0.15) is 0 Å². The number of aromatic nitrogens is 1. The van der Waals surface area contributed by atoms with Crippen molar-refractivity contribution in [1.29, 1.82) is 0 Å². The van der Waals surface area contributed by atoms with Gasteiger partial charge in [-0.3, -0.25) is 4.99 Å². The van der Waals surface area contributed by atoms with Gasteiger partial charge in [0.25, 0.3) is 0 Å². The van der Waals surface area contributed by atoms with Gasteiger partial charge in [-0.1, -0.05) is 18.2 Å². The first kappa shape index (κ1) is 16.8. The van der Waals surface area contributed by atoms with E-state index in [2.05, 4.69) is 9.98 Å². The summed E-state index contributed by atoms with van der Waals surface area (Å²) in [5.74, 6) is 0.426. The number of H-pyrrole nitrogens is 1. The third-order valence-corrected chi connectivity index (χ3v) is 4.08. The summed E-state index contributed by atoms with van der Waals surface area (Å²) >= 11 is 0. The molecular weight excluding hydrogens is 316 g/mol. The van der Waals surface area contributed by atoms with E-state index in [1.54, 1.807) is 13.3 Å². The van der Waals surface area contributed by atoms with Crippen molar-refractivity contribution in [3.8, 4) is 5.75 Å². The molecule has 0 saturated heterocycles. The number of para-hydroxylation sites is 1. The Labute approximate surface area is 146 Å². The Morgan fingerprint density at radius 3 is 2.64 bits per heavy atom. The van der Waals surface area contributed by atoms with Gasteiger partial charge in [0.1, 0.15) is 5.75 Å². The molecule has 0 aliphatic heterocycles. The topological polar surface area (TPSA) is 63.7 Å². The van der Waals surface area contributed by atoms with Crippen LogP contribution in [0.15, 0.2) is 59.7 Å². The molecule has 0 amide bonds. The fourth-order valence-electron chi connectivity index (χ4n) is 2.71. The summed E-state index contributed by atoms with van der Waals surface area (Å²) in [7, 11) is 3.01. The van der Waals surface area contributed by atoms with E-state index in [0.717, 1.165) is 27.8 Å². The summed E-state index contributed by atoms with van der Waals surface area (Å²) in [6, 6.07) is 14.9. The number of methoxy groups -OCH3 is 2. The Morgan fingerprint density at radius 1 is 1.16 bits per heavy atom. The van der Waals surface area contributed by atoms with Crippen molar-refractivity contribution in [2.24, 2.45) is 4.99 Å². The van der Waals surface area contributed by atoms with E-state index in [9.17, 15) is 4.79 Å². The van der Waals surface area contributed by atoms with Gasteiger partial charge < -0.3 is 14.5 Å². The number of nitrogens with one attached hydrogen (secondary N) is 1. The maximum atomic E-state index is 12.1. The van der Waals surface area contributed by atoms with E-state index in [1.165, 1.54) is 7.11 Å². The molecule has 1 aromatic heterocycles. The largest absolute Gasteiger partial charge is 0.497 e. The fraction of sp³-hybridized carbons (Fsp3) is 0.200. The number of benzene rings is 2. The summed E-state index contributed by atoms with van der Waals surface area (Å²) < 4.78 is 10.1. The lowest BCUT2D eigenvalue weighted by Crippen LogP contribution is -2.23. The lowest BCUT2D eigenvalue weighted by Gasteiger charge is -2.09. The predicted molar refractivity (Wildman–Crippen MR) is 98.4 cm³/mol. The maximum absolute atomic E-state index is 12.1. The number of esters is 1. The zero-order valence-corrected chi connectivity index (χ0v) is 14.2. The van der Waals surface area contributed by atoms with Crippen molar-refractivity contribution in [1.82, 2.24) is 4.98 Å². The van der Waals surface area contributed by atoms with E-state index in [4.69, 9.17) is 9.47 Å². The second-order valence-corrected chi connectivity index (χ2v) is 5.65. The number of hydrogen-bond donors (Lipinski definition) is 1. The first-order chi connectivity index (χ1) is 12.2. The number of fused-ring (bicyclic) bond motifs is 1. The summed E-state index contributed by atoms with van der Waals surface area (Å²) in [5, 5.41) is 1.09. The Morgan fingerprint density at radius 2 is 1.92 bits per heavy atom. The van der Waals surface area contributed by atoms with Crippen LogP contribution < -0.4 is 4.74 Å². The van der Waals surface area contributed by atoms with Crippen molar-refractivity contribution < 1.29 is 14.3 Å². The molecule has 1 heterocycles. The maximum Gasteiger partial charge on any atom is 0.330 e. The van der Waals surface area contributed by atoms with Crippen molar-refractivity contribution >= 4 is 23.1 Å². The predicted octanol–water partition coefficient (Wildman–Crippen LogP) is 3.38. The van der Waals surface area contributed by atoms with Crippen LogP contribution in [0, 0.1) is 0 Å². The lowest BCUT2D eigenvalue weighted by atomic mass is 10.1. The standard InChI is InChI=1S/C20H20N2O3/c1-24-16-9-7-14(8-10-16)12-21-19(20(23)25-2)11-15-13-22-18-6-4-3-5-17(15)18/h3-10,12-13,19,22H,11H2,1-2H3/t19-/m1/s1. The van der Waals surface area contributed by atoms with Crippen LogP contribution >= 0.6 is 0 Å². The van der Waals surface area contributed by atoms with Crippen LogP contribution in [0.4, 0.5) is 0 Å². The highest BCUT2D eigenvalue weighted by Crippen LogP contribution is 2.20. The minimum atomic E-state index is -0.591. The average Bonchev–Trinajstić information content (AvgIpc) is 3.08. The normalized spacial score (nSPS) is 12.4. The Bertz CT molecular complexity index is 881. The molecule has 1 N–H and O–H groups in total. The molecule has 0 aliphatic carbocycles. The highest BCUT2D eigenvalue weighted by molar-refractivity contribution is 5.86. The molecular formula is C20H20N2O3. The summed E-state index contributed by atoms with van der Waals surface area (Å²) in [6.45, 7) is 0. The van der Waals surface area contributed by atoms with Gasteiger partial charge in [0.15, 0.2) is 6.04 Å². The quantitative estimate of drug-likeness (QED) is 0.554. The smallest absolute Gasteiger partial charge is 0.330 e. The molecule has 5 heteroatoms. The molecule has 0 unspecified atom stereocenters. The van der Waals surface area contributed by atoms with Gasteiger partial charge in [-0.15, -0.1) is 0 Å². The van der Waals surface area contributed by atoms with Crippen LogP contribution in [0.3, 0.4) is 0 Å². The second kappa shape index (κ2) is 7.66. The summed E-state index contributed by atoms with van der Waals surface area (Å²) in [4.78, 5) is 19.8. The summed E-state index contributed by atoms with van der Waals surface area (Å²) in [6.07, 6.45) is 4.09. The third-order valence-electron chi connectivity index (χ3n) is 4.08. The van der Waals surface area contributed by atoms with Gasteiger partial charge in [-0.05, 0) is 41.5 Å². The minimum Gasteiger partial charge on any atom is -0.497 e. The number of carbonyl (C=O) groups excluding carboxylic acids is 1. The van der Waals surface area contributed by atoms with Crippen molar-refractivity contribution in [2.45, 2.75) is 12.5 Å². The molecule has 0 saturated carbocycles. The fourth-order valence-corrected chi connectivity index (χ4v) is 2.71. The molecule has 0 fully saturated rings. The van der Waals surface area contributed by atoms with Crippen molar-refractivity contribution in [2.75, 3.05) is 14.2 Å². The third kappa shape index (κ3) is 3.88. The van der Waals surface area contributed by atoms with Crippen LogP contribution in [-0.4, -0.2) is 37.4 Å². The molecule has 0 aliphatic rings. The number of carbonyl (C=O) groups is 1. The van der Waals surface area contributed by atoms with E-state index in [0.29, 0.717) is 6.42 Å². The Balaban J connectivity index is 1.82. The van der Waals surface area contributed by atoms with Crippen molar-refractivity contribution in [3.63, 3.8) is 0 Å². The molecule has 3 aromatic rings. The van der Waals surface area contributed by atoms with E-state index in [-0.39, 0.29) is 5.97 Å². The molecule has 2 aromatic carbocycles. The first-order valence-electron chi connectivity index (χ1n) is 8.01. The monoisotopic (exact) mass is 336 g/mol. The Kier molecular flexibility index (Phi) is 5.14. The molecule has 3 rings (SSSR count). The van der Waals surface area contributed by atoms with Crippen LogP contribution in [0.2, 0.25) is 0 Å². The van der Waals surface area contributed by atoms with Crippen LogP contribution in [0.1, 0.15) is 11.1 Å². The summed E-state index contributed by atoms with van der Waals surface area (Å²) in [5.41, 5.74) is 2.98. The van der Waals surface area contributed by atoms with Gasteiger partial charge in [0.2, 0.25) is 0 Å². The second-order valence-electron chi connectivity index (χ2n) is 5.65. The van der Waals surface area contributed by atoms with E-state index < -0.39 is 6.04 Å². The van der Waals surface area contributed by atoms with Crippen LogP contribution in [-0.2, 0) is 16.0 Å². The van der Waals surface area contributed by atoms with Gasteiger partial charge >= 0.3 is 5.97 Å². The van der Waals surface area contributed by atoms with Crippen LogP contribution in [0.5, 0.6) is 5.75 Å². The molecule has 128 valence electrons. The zero-order valence-electron chi connectivity index (χ0n) is 14.2. The number of aliphatic imine (C=N–C) groups is 1. The first-order valence-corrected chi connectivity index (χ1v) is 8.01. The van der Waals surface area contributed by atoms with Crippen molar-refractivity contribution in [3.05, 3.63) is 65.9 Å². The molecule has 5 nitrogen and oxygen atoms in total. The highest BCUT2D eigenvalue weighted by atomic mass is 16.5.